The normalized spacial score (nSPS) is 45.5. The van der Waals surface area contributed by atoms with Gasteiger partial charge >= 0.3 is 0 Å². The summed E-state index contributed by atoms with van der Waals surface area (Å²) in [4.78, 5) is 0. The van der Waals surface area contributed by atoms with Gasteiger partial charge in [-0.25, -0.2) is 0 Å². The van der Waals surface area contributed by atoms with Crippen LogP contribution in [0.25, 0.3) is 0 Å². The first-order chi connectivity index (χ1) is 7.72. The Morgan fingerprint density at radius 2 is 1.94 bits per heavy atom. The third kappa shape index (κ3) is 1.55. The number of hydrogen-bond donors (Lipinski definition) is 1. The van der Waals surface area contributed by atoms with Gasteiger partial charge in [0, 0.05) is 6.04 Å². The van der Waals surface area contributed by atoms with Gasteiger partial charge in [-0.1, -0.05) is 12.5 Å². The second-order valence-corrected chi connectivity index (χ2v) is 6.39. The molecule has 16 heavy (non-hydrogen) atoms. The fraction of sp³-hybridized carbons (Fsp3) is 0.867. The van der Waals surface area contributed by atoms with Crippen LogP contribution in [0.2, 0.25) is 0 Å². The van der Waals surface area contributed by atoms with E-state index in [9.17, 15) is 0 Å². The fourth-order valence-electron chi connectivity index (χ4n) is 4.91. The fourth-order valence-corrected chi connectivity index (χ4v) is 4.91. The molecule has 0 radical (unpaired) electrons. The first kappa shape index (κ1) is 10.8. The molecule has 2 bridgehead atoms. The number of rotatable bonds is 5. The van der Waals surface area contributed by atoms with Crippen LogP contribution in [0.5, 0.6) is 0 Å². The van der Waals surface area contributed by atoms with E-state index in [1.54, 1.807) is 6.42 Å². The highest BCUT2D eigenvalue weighted by Crippen LogP contribution is 2.70. The molecule has 1 heteroatoms. The predicted octanol–water partition coefficient (Wildman–Crippen LogP) is 3.22. The average molecular weight is 219 g/mol. The molecular weight excluding hydrogens is 194 g/mol. The van der Waals surface area contributed by atoms with E-state index in [0.29, 0.717) is 0 Å². The van der Waals surface area contributed by atoms with Crippen molar-refractivity contribution in [3.63, 3.8) is 0 Å². The minimum Gasteiger partial charge on any atom is -0.314 e. The second kappa shape index (κ2) is 3.87. The Hall–Kier alpha value is -0.300. The van der Waals surface area contributed by atoms with Crippen LogP contribution in [-0.4, -0.2) is 12.6 Å². The van der Waals surface area contributed by atoms with Gasteiger partial charge in [0.15, 0.2) is 0 Å². The van der Waals surface area contributed by atoms with Gasteiger partial charge in [-0.05, 0) is 68.7 Å². The molecule has 5 atom stereocenters. The number of fused-ring (bicyclic) bond motifs is 5. The molecule has 1 nitrogen and oxygen atoms in total. The van der Waals surface area contributed by atoms with Crippen molar-refractivity contribution in [1.29, 1.82) is 0 Å². The SMILES string of the molecule is C=C(C)CC(NCC)C1C2C3CCC(C3)C21. The third-order valence-electron chi connectivity index (χ3n) is 5.29. The molecule has 0 heterocycles. The highest BCUT2D eigenvalue weighted by Gasteiger charge is 2.66. The van der Waals surface area contributed by atoms with E-state index in [2.05, 4.69) is 25.7 Å². The summed E-state index contributed by atoms with van der Waals surface area (Å²) in [6.07, 6.45) is 5.84. The smallest absolute Gasteiger partial charge is 0.0138 e. The minimum absolute atomic E-state index is 0.737. The van der Waals surface area contributed by atoms with E-state index in [1.807, 2.05) is 0 Å². The molecule has 3 saturated carbocycles. The molecule has 90 valence electrons. The molecule has 0 aromatic heterocycles. The van der Waals surface area contributed by atoms with Crippen molar-refractivity contribution in [2.45, 2.75) is 45.6 Å². The largest absolute Gasteiger partial charge is 0.314 e. The van der Waals surface area contributed by atoms with Gasteiger partial charge in [-0.3, -0.25) is 0 Å². The van der Waals surface area contributed by atoms with Crippen LogP contribution < -0.4 is 5.32 Å². The van der Waals surface area contributed by atoms with Crippen LogP contribution in [0.1, 0.15) is 39.5 Å². The van der Waals surface area contributed by atoms with Crippen molar-refractivity contribution in [2.75, 3.05) is 6.54 Å². The standard InChI is InChI=1S/C15H25N/c1-4-16-12(7-9(2)3)15-13-10-5-6-11(8-10)14(13)15/h10-16H,2,4-8H2,1,3H3. The molecule has 3 rings (SSSR count). The molecule has 0 aliphatic heterocycles. The predicted molar refractivity (Wildman–Crippen MR) is 68.2 cm³/mol. The average Bonchev–Trinajstić information content (AvgIpc) is 2.66. The lowest BCUT2D eigenvalue weighted by molar-refractivity contribution is 0.365. The van der Waals surface area contributed by atoms with E-state index in [-0.39, 0.29) is 0 Å². The van der Waals surface area contributed by atoms with Gasteiger partial charge in [0.1, 0.15) is 0 Å². The summed E-state index contributed by atoms with van der Waals surface area (Å²) in [5.74, 6) is 5.41. The van der Waals surface area contributed by atoms with Crippen LogP contribution in [0.3, 0.4) is 0 Å². The summed E-state index contributed by atoms with van der Waals surface area (Å²) < 4.78 is 0. The summed E-state index contributed by atoms with van der Waals surface area (Å²) in [7, 11) is 0. The molecule has 5 unspecified atom stereocenters. The Kier molecular flexibility index (Phi) is 2.62. The number of nitrogens with one attached hydrogen (secondary N) is 1. The highest BCUT2D eigenvalue weighted by molar-refractivity contribution is 5.17. The van der Waals surface area contributed by atoms with Gasteiger partial charge in [-0.2, -0.15) is 0 Å². The van der Waals surface area contributed by atoms with Crippen molar-refractivity contribution in [2.24, 2.45) is 29.6 Å². The van der Waals surface area contributed by atoms with Crippen molar-refractivity contribution < 1.29 is 0 Å². The molecule has 1 N–H and O–H groups in total. The lowest BCUT2D eigenvalue weighted by Crippen LogP contribution is -2.33. The maximum atomic E-state index is 4.09. The van der Waals surface area contributed by atoms with Crippen molar-refractivity contribution in [3.8, 4) is 0 Å². The zero-order valence-electron chi connectivity index (χ0n) is 10.7. The molecule has 0 aromatic carbocycles. The summed E-state index contributed by atoms with van der Waals surface area (Å²) in [5, 5.41) is 3.71. The Morgan fingerprint density at radius 3 is 2.44 bits per heavy atom. The quantitative estimate of drug-likeness (QED) is 0.700. The summed E-state index contributed by atoms with van der Waals surface area (Å²) >= 11 is 0. The van der Waals surface area contributed by atoms with E-state index >= 15 is 0 Å². The highest BCUT2D eigenvalue weighted by atomic mass is 14.9. The van der Waals surface area contributed by atoms with Crippen LogP contribution in [0.4, 0.5) is 0 Å². The van der Waals surface area contributed by atoms with Gasteiger partial charge in [0.05, 0.1) is 0 Å². The Labute approximate surface area is 99.7 Å². The maximum absolute atomic E-state index is 4.09. The third-order valence-corrected chi connectivity index (χ3v) is 5.29. The summed E-state index contributed by atoms with van der Waals surface area (Å²) in [5.41, 5.74) is 1.35. The lowest BCUT2D eigenvalue weighted by atomic mass is 9.94. The maximum Gasteiger partial charge on any atom is 0.0138 e. The van der Waals surface area contributed by atoms with E-state index < -0.39 is 0 Å². The summed E-state index contributed by atoms with van der Waals surface area (Å²) in [6.45, 7) is 9.62. The topological polar surface area (TPSA) is 12.0 Å². The van der Waals surface area contributed by atoms with Gasteiger partial charge in [-0.15, -0.1) is 6.58 Å². The van der Waals surface area contributed by atoms with E-state index in [0.717, 1.165) is 42.2 Å². The molecule has 0 saturated heterocycles. The Bertz CT molecular complexity index is 280. The minimum atomic E-state index is 0.737. The number of hydrogen-bond acceptors (Lipinski definition) is 1. The molecule has 3 aliphatic carbocycles. The molecule has 0 spiro atoms. The summed E-state index contributed by atoms with van der Waals surface area (Å²) in [6, 6.07) is 0.737. The first-order valence-corrected chi connectivity index (χ1v) is 7.10. The monoisotopic (exact) mass is 219 g/mol. The molecular formula is C15H25N. The lowest BCUT2D eigenvalue weighted by Gasteiger charge is -2.21. The van der Waals surface area contributed by atoms with Crippen LogP contribution >= 0.6 is 0 Å². The van der Waals surface area contributed by atoms with Crippen LogP contribution in [-0.2, 0) is 0 Å². The van der Waals surface area contributed by atoms with Crippen molar-refractivity contribution in [1.82, 2.24) is 5.32 Å². The Balaban J connectivity index is 1.66. The van der Waals surface area contributed by atoms with E-state index in [1.165, 1.54) is 24.8 Å². The van der Waals surface area contributed by atoms with Crippen LogP contribution in [0.15, 0.2) is 12.2 Å². The Morgan fingerprint density at radius 1 is 1.31 bits per heavy atom. The molecule has 3 fully saturated rings. The van der Waals surface area contributed by atoms with Gasteiger partial charge in [0.25, 0.3) is 0 Å². The molecule has 0 aromatic rings. The van der Waals surface area contributed by atoms with Crippen molar-refractivity contribution in [3.05, 3.63) is 12.2 Å². The van der Waals surface area contributed by atoms with E-state index in [4.69, 9.17) is 0 Å². The zero-order valence-corrected chi connectivity index (χ0v) is 10.7. The zero-order chi connectivity index (χ0) is 11.3. The first-order valence-electron chi connectivity index (χ1n) is 7.10. The van der Waals surface area contributed by atoms with Gasteiger partial charge in [0.2, 0.25) is 0 Å². The molecule has 3 aliphatic rings. The van der Waals surface area contributed by atoms with Crippen molar-refractivity contribution >= 4 is 0 Å². The molecule has 0 amide bonds. The second-order valence-electron chi connectivity index (χ2n) is 6.39. The van der Waals surface area contributed by atoms with Crippen LogP contribution in [0, 0.1) is 29.6 Å². The van der Waals surface area contributed by atoms with Gasteiger partial charge < -0.3 is 5.32 Å².